The highest BCUT2D eigenvalue weighted by atomic mass is 16.3. The van der Waals surface area contributed by atoms with Crippen molar-refractivity contribution in [2.45, 2.75) is 25.3 Å². The minimum absolute atomic E-state index is 0.206. The van der Waals surface area contributed by atoms with Gasteiger partial charge in [0.15, 0.2) is 0 Å². The smallest absolute Gasteiger partial charge is 0.135 e. The summed E-state index contributed by atoms with van der Waals surface area (Å²) in [6.07, 6.45) is 10.4. The zero-order chi connectivity index (χ0) is 33.0. The summed E-state index contributed by atoms with van der Waals surface area (Å²) in [6.45, 7) is 0. The molecule has 0 N–H and O–H groups in total. The topological polar surface area (TPSA) is 16.4 Å². The SMILES string of the molecule is C1=C(c2ccccc2)N(c2ccc3c(-c4ccc5oc6ccccc6c5c4)c4c(c(-c5ccccc5)c3c2)=CCCC=4)C(c2ccccc2)C1. The molecule has 10 rings (SSSR count). The van der Waals surface area contributed by atoms with Gasteiger partial charge in [-0.1, -0.05) is 140 Å². The number of furan rings is 1. The molecule has 2 nitrogen and oxygen atoms in total. The molecule has 50 heavy (non-hydrogen) atoms. The maximum atomic E-state index is 6.26. The van der Waals surface area contributed by atoms with Gasteiger partial charge in [0.05, 0.1) is 6.04 Å². The maximum absolute atomic E-state index is 6.26. The molecule has 0 saturated carbocycles. The number of fused-ring (bicyclic) bond motifs is 5. The van der Waals surface area contributed by atoms with Gasteiger partial charge in [0.1, 0.15) is 11.2 Å². The Labute approximate surface area is 291 Å². The van der Waals surface area contributed by atoms with Crippen LogP contribution in [0.2, 0.25) is 0 Å². The first-order valence-electron chi connectivity index (χ1n) is 17.7. The first kappa shape index (κ1) is 28.9. The van der Waals surface area contributed by atoms with E-state index in [9.17, 15) is 0 Å². The number of para-hydroxylation sites is 1. The zero-order valence-corrected chi connectivity index (χ0v) is 27.7. The Morgan fingerprint density at radius 3 is 1.86 bits per heavy atom. The van der Waals surface area contributed by atoms with Crippen LogP contribution in [0.15, 0.2) is 162 Å². The van der Waals surface area contributed by atoms with E-state index in [1.807, 2.05) is 6.07 Å². The van der Waals surface area contributed by atoms with Crippen LogP contribution in [0.4, 0.5) is 5.69 Å². The second-order valence-electron chi connectivity index (χ2n) is 13.5. The summed E-state index contributed by atoms with van der Waals surface area (Å²) in [4.78, 5) is 2.57. The fourth-order valence-corrected chi connectivity index (χ4v) is 8.39. The standard InChI is InChI=1S/C48H35NO/c1-4-14-32(15-5-1)43-27-28-44(33-16-6-2-7-17-33)49(43)36-25-26-40-42(31-36)47(34-18-8-3-9-19-34)38-21-10-11-22-39(38)48(40)35-24-29-46-41(30-35)37-20-12-13-23-45(37)50-46/h1-9,12-27,29-31,44H,10-11,28H2. The first-order valence-corrected chi connectivity index (χ1v) is 17.7. The molecular weight excluding hydrogens is 607 g/mol. The molecule has 238 valence electrons. The molecule has 0 saturated heterocycles. The van der Waals surface area contributed by atoms with Crippen molar-refractivity contribution >= 4 is 56.2 Å². The summed E-state index contributed by atoms with van der Waals surface area (Å²) in [7, 11) is 0. The molecule has 0 fully saturated rings. The molecule has 1 aromatic heterocycles. The Morgan fingerprint density at radius 2 is 1.10 bits per heavy atom. The molecule has 8 aromatic rings. The molecular formula is C48H35NO. The largest absolute Gasteiger partial charge is 0.456 e. The minimum Gasteiger partial charge on any atom is -0.456 e. The van der Waals surface area contributed by atoms with E-state index in [0.717, 1.165) is 41.2 Å². The van der Waals surface area contributed by atoms with Gasteiger partial charge in [-0.2, -0.15) is 0 Å². The van der Waals surface area contributed by atoms with E-state index in [1.165, 1.54) is 66.0 Å². The lowest BCUT2D eigenvalue weighted by Gasteiger charge is -2.31. The highest BCUT2D eigenvalue weighted by Gasteiger charge is 2.30. The molecule has 1 aliphatic carbocycles. The lowest BCUT2D eigenvalue weighted by Crippen LogP contribution is -2.31. The quantitative estimate of drug-likeness (QED) is 0.186. The van der Waals surface area contributed by atoms with Crippen LogP contribution in [0, 0.1) is 0 Å². The van der Waals surface area contributed by atoms with Gasteiger partial charge in [-0.25, -0.2) is 0 Å². The van der Waals surface area contributed by atoms with Crippen LogP contribution in [0.3, 0.4) is 0 Å². The van der Waals surface area contributed by atoms with Crippen LogP contribution in [0.25, 0.3) is 72.8 Å². The highest BCUT2D eigenvalue weighted by Crippen LogP contribution is 2.45. The maximum Gasteiger partial charge on any atom is 0.135 e. The molecule has 0 radical (unpaired) electrons. The molecule has 1 unspecified atom stereocenters. The van der Waals surface area contributed by atoms with Crippen molar-refractivity contribution in [3.05, 3.63) is 179 Å². The average molecular weight is 642 g/mol. The summed E-state index contributed by atoms with van der Waals surface area (Å²) >= 11 is 0. The number of nitrogens with zero attached hydrogens (tertiary/aromatic N) is 1. The molecule has 0 bridgehead atoms. The zero-order valence-electron chi connectivity index (χ0n) is 27.7. The normalized spacial score (nSPS) is 15.6. The van der Waals surface area contributed by atoms with Crippen molar-refractivity contribution in [1.82, 2.24) is 0 Å². The van der Waals surface area contributed by atoms with Crippen LogP contribution in [0.1, 0.15) is 36.4 Å². The molecule has 0 spiro atoms. The predicted molar refractivity (Wildman–Crippen MR) is 210 cm³/mol. The Bertz CT molecular complexity index is 2720. The van der Waals surface area contributed by atoms with Crippen molar-refractivity contribution in [3.8, 4) is 22.3 Å². The summed E-state index contributed by atoms with van der Waals surface area (Å²) < 4.78 is 6.26. The van der Waals surface area contributed by atoms with Gasteiger partial charge < -0.3 is 9.32 Å². The van der Waals surface area contributed by atoms with Gasteiger partial charge in [-0.3, -0.25) is 0 Å². The fraction of sp³-hybridized carbons (Fsp3) is 0.0833. The van der Waals surface area contributed by atoms with E-state index in [1.54, 1.807) is 0 Å². The summed E-state index contributed by atoms with van der Waals surface area (Å²) in [5.41, 5.74) is 12.0. The molecule has 2 heterocycles. The van der Waals surface area contributed by atoms with E-state index in [0.29, 0.717) is 0 Å². The van der Waals surface area contributed by atoms with Crippen molar-refractivity contribution in [1.29, 1.82) is 0 Å². The van der Waals surface area contributed by atoms with Crippen molar-refractivity contribution < 1.29 is 4.42 Å². The van der Waals surface area contributed by atoms with E-state index in [2.05, 4.69) is 169 Å². The van der Waals surface area contributed by atoms with Crippen LogP contribution in [-0.4, -0.2) is 0 Å². The Morgan fingerprint density at radius 1 is 0.460 bits per heavy atom. The van der Waals surface area contributed by atoms with Gasteiger partial charge in [-0.15, -0.1) is 0 Å². The number of anilines is 1. The Kier molecular flexibility index (Phi) is 6.80. The molecule has 0 amide bonds. The van der Waals surface area contributed by atoms with Crippen molar-refractivity contribution in [2.75, 3.05) is 4.90 Å². The van der Waals surface area contributed by atoms with Gasteiger partial charge in [0.2, 0.25) is 0 Å². The molecule has 2 heteroatoms. The number of benzene rings is 7. The van der Waals surface area contributed by atoms with Gasteiger partial charge in [0.25, 0.3) is 0 Å². The third kappa shape index (κ3) is 4.64. The van der Waals surface area contributed by atoms with Crippen molar-refractivity contribution in [3.63, 3.8) is 0 Å². The van der Waals surface area contributed by atoms with Crippen LogP contribution in [0.5, 0.6) is 0 Å². The van der Waals surface area contributed by atoms with Crippen LogP contribution < -0.4 is 15.3 Å². The van der Waals surface area contributed by atoms with Gasteiger partial charge in [-0.05, 0) is 104 Å². The first-order chi connectivity index (χ1) is 24.8. The van der Waals surface area contributed by atoms with E-state index in [4.69, 9.17) is 4.42 Å². The van der Waals surface area contributed by atoms with Crippen molar-refractivity contribution in [2.24, 2.45) is 0 Å². The summed E-state index contributed by atoms with van der Waals surface area (Å²) in [5.74, 6) is 0. The lowest BCUT2D eigenvalue weighted by atomic mass is 9.85. The molecule has 2 aliphatic rings. The van der Waals surface area contributed by atoms with Crippen LogP contribution in [-0.2, 0) is 0 Å². The highest BCUT2D eigenvalue weighted by molar-refractivity contribution is 6.11. The monoisotopic (exact) mass is 641 g/mol. The second kappa shape index (κ2) is 11.8. The fourth-order valence-electron chi connectivity index (χ4n) is 8.39. The third-order valence-electron chi connectivity index (χ3n) is 10.6. The minimum atomic E-state index is 0.206. The van der Waals surface area contributed by atoms with Gasteiger partial charge >= 0.3 is 0 Å². The summed E-state index contributed by atoms with van der Waals surface area (Å²) in [5, 5.41) is 7.52. The predicted octanol–water partition coefficient (Wildman–Crippen LogP) is 11.4. The van der Waals surface area contributed by atoms with Crippen LogP contribution >= 0.6 is 0 Å². The number of hydrogen-bond acceptors (Lipinski definition) is 2. The van der Waals surface area contributed by atoms with Gasteiger partial charge in [0, 0.05) is 22.2 Å². The Balaban J connectivity index is 1.27. The van der Waals surface area contributed by atoms with E-state index in [-0.39, 0.29) is 6.04 Å². The Hall–Kier alpha value is -6.12. The van der Waals surface area contributed by atoms with E-state index >= 15 is 0 Å². The molecule has 1 aliphatic heterocycles. The third-order valence-corrected chi connectivity index (χ3v) is 10.6. The average Bonchev–Trinajstić information content (AvgIpc) is 3.80. The second-order valence-corrected chi connectivity index (χ2v) is 13.5. The molecule has 7 aromatic carbocycles. The molecule has 1 atom stereocenters. The number of rotatable bonds is 5. The lowest BCUT2D eigenvalue weighted by molar-refractivity contribution is 0.669. The summed E-state index contributed by atoms with van der Waals surface area (Å²) in [6, 6.07) is 55.3. The number of hydrogen-bond donors (Lipinski definition) is 0. The van der Waals surface area contributed by atoms with E-state index < -0.39 is 0 Å².